The standard InChI is InChI=1S/C23H20N4O3S/c1-13-6-5-9-18(14(13)2)27-22(30)17(21(29)25-23(27)31)10-15-11-26(12-20(24)28)19-8-4-3-7-16(15)19/h3-11H,12H2,1-2H3,(H2,24,28)(H,25,29,31)/b17-10+. The van der Waals surface area contributed by atoms with Crippen LogP contribution in [0.15, 0.2) is 54.2 Å². The van der Waals surface area contributed by atoms with Gasteiger partial charge in [-0.05, 0) is 55.4 Å². The summed E-state index contributed by atoms with van der Waals surface area (Å²) in [5.41, 5.74) is 9.25. The van der Waals surface area contributed by atoms with Gasteiger partial charge < -0.3 is 10.3 Å². The Morgan fingerprint density at radius 2 is 1.87 bits per heavy atom. The van der Waals surface area contributed by atoms with Gasteiger partial charge in [0.05, 0.1) is 5.69 Å². The first-order valence-electron chi connectivity index (χ1n) is 9.61. The minimum Gasteiger partial charge on any atom is -0.368 e. The van der Waals surface area contributed by atoms with E-state index in [0.29, 0.717) is 11.3 Å². The van der Waals surface area contributed by atoms with Gasteiger partial charge in [-0.15, -0.1) is 0 Å². The normalized spacial score (nSPS) is 15.6. The average molecular weight is 433 g/mol. The zero-order valence-electron chi connectivity index (χ0n) is 17.0. The molecule has 156 valence electrons. The minimum absolute atomic E-state index is 0.0114. The van der Waals surface area contributed by atoms with Crippen LogP contribution in [0.3, 0.4) is 0 Å². The van der Waals surface area contributed by atoms with Crippen molar-refractivity contribution >= 4 is 57.7 Å². The number of rotatable bonds is 4. The molecule has 3 aromatic rings. The summed E-state index contributed by atoms with van der Waals surface area (Å²) in [5, 5.41) is 3.44. The molecule has 3 N–H and O–H groups in total. The number of nitrogens with one attached hydrogen (secondary N) is 1. The smallest absolute Gasteiger partial charge is 0.270 e. The topological polar surface area (TPSA) is 97.4 Å². The highest BCUT2D eigenvalue weighted by atomic mass is 32.1. The second kappa shape index (κ2) is 7.81. The van der Waals surface area contributed by atoms with Crippen molar-refractivity contribution in [3.05, 3.63) is 70.9 Å². The Hall–Kier alpha value is -3.78. The number of aromatic nitrogens is 1. The van der Waals surface area contributed by atoms with Crippen molar-refractivity contribution in [1.29, 1.82) is 0 Å². The molecule has 0 aliphatic carbocycles. The van der Waals surface area contributed by atoms with E-state index in [2.05, 4.69) is 5.32 Å². The second-order valence-corrected chi connectivity index (χ2v) is 7.76. The van der Waals surface area contributed by atoms with E-state index in [1.54, 1.807) is 16.8 Å². The number of nitrogens with zero attached hydrogens (tertiary/aromatic N) is 2. The molecule has 8 heteroatoms. The Labute approximate surface area is 184 Å². The van der Waals surface area contributed by atoms with Gasteiger partial charge in [-0.1, -0.05) is 30.3 Å². The third-order valence-corrected chi connectivity index (χ3v) is 5.65. The van der Waals surface area contributed by atoms with Crippen LogP contribution in [0.25, 0.3) is 17.0 Å². The molecule has 2 heterocycles. The summed E-state index contributed by atoms with van der Waals surface area (Å²) >= 11 is 5.30. The van der Waals surface area contributed by atoms with Crippen LogP contribution in [0, 0.1) is 13.8 Å². The van der Waals surface area contributed by atoms with E-state index in [9.17, 15) is 14.4 Å². The van der Waals surface area contributed by atoms with Crippen molar-refractivity contribution in [2.24, 2.45) is 5.73 Å². The van der Waals surface area contributed by atoms with Gasteiger partial charge in [0.2, 0.25) is 5.91 Å². The van der Waals surface area contributed by atoms with Crippen LogP contribution in [-0.4, -0.2) is 27.4 Å². The molecule has 1 aromatic heterocycles. The summed E-state index contributed by atoms with van der Waals surface area (Å²) in [7, 11) is 0. The maximum atomic E-state index is 13.4. The van der Waals surface area contributed by atoms with E-state index in [0.717, 1.165) is 22.0 Å². The van der Waals surface area contributed by atoms with Crippen LogP contribution in [-0.2, 0) is 20.9 Å². The van der Waals surface area contributed by atoms with Gasteiger partial charge in [-0.25, -0.2) is 0 Å². The molecule has 7 nitrogen and oxygen atoms in total. The van der Waals surface area contributed by atoms with Crippen molar-refractivity contribution in [1.82, 2.24) is 9.88 Å². The van der Waals surface area contributed by atoms with Crippen molar-refractivity contribution in [2.45, 2.75) is 20.4 Å². The fourth-order valence-electron chi connectivity index (χ4n) is 3.70. The van der Waals surface area contributed by atoms with E-state index in [4.69, 9.17) is 18.0 Å². The highest BCUT2D eigenvalue weighted by molar-refractivity contribution is 7.80. The molecule has 1 aliphatic heterocycles. The zero-order valence-corrected chi connectivity index (χ0v) is 17.8. The summed E-state index contributed by atoms with van der Waals surface area (Å²) < 4.78 is 1.70. The van der Waals surface area contributed by atoms with Gasteiger partial charge in [-0.2, -0.15) is 0 Å². The Morgan fingerprint density at radius 3 is 2.61 bits per heavy atom. The number of hydrogen-bond donors (Lipinski definition) is 2. The minimum atomic E-state index is -0.566. The first-order chi connectivity index (χ1) is 14.8. The molecule has 3 amide bonds. The summed E-state index contributed by atoms with van der Waals surface area (Å²) in [6.07, 6.45) is 3.23. The lowest BCUT2D eigenvalue weighted by atomic mass is 10.0. The number of aryl methyl sites for hydroxylation is 1. The lowest BCUT2D eigenvalue weighted by Gasteiger charge is -2.30. The van der Waals surface area contributed by atoms with E-state index < -0.39 is 17.7 Å². The van der Waals surface area contributed by atoms with E-state index >= 15 is 0 Å². The lowest BCUT2D eigenvalue weighted by Crippen LogP contribution is -2.54. The number of amides is 3. The van der Waals surface area contributed by atoms with Crippen LogP contribution in [0.5, 0.6) is 0 Å². The molecule has 1 aliphatic rings. The third-order valence-electron chi connectivity index (χ3n) is 5.36. The van der Waals surface area contributed by atoms with E-state index in [1.807, 2.05) is 50.2 Å². The van der Waals surface area contributed by atoms with Crippen molar-refractivity contribution in [3.63, 3.8) is 0 Å². The van der Waals surface area contributed by atoms with Gasteiger partial charge >= 0.3 is 0 Å². The average Bonchev–Trinajstić information content (AvgIpc) is 3.05. The van der Waals surface area contributed by atoms with Gasteiger partial charge in [-0.3, -0.25) is 24.6 Å². The zero-order chi connectivity index (χ0) is 22.3. The number of primary amides is 1. The van der Waals surface area contributed by atoms with Crippen LogP contribution >= 0.6 is 12.2 Å². The maximum absolute atomic E-state index is 13.4. The van der Waals surface area contributed by atoms with Crippen LogP contribution in [0.1, 0.15) is 16.7 Å². The number of fused-ring (bicyclic) bond motifs is 1. The summed E-state index contributed by atoms with van der Waals surface area (Å²) in [4.78, 5) is 38.8. The number of hydrogen-bond acceptors (Lipinski definition) is 4. The van der Waals surface area contributed by atoms with Crippen molar-refractivity contribution in [3.8, 4) is 0 Å². The molecule has 0 unspecified atom stereocenters. The largest absolute Gasteiger partial charge is 0.368 e. The fourth-order valence-corrected chi connectivity index (χ4v) is 3.97. The molecular formula is C23H20N4O3S. The molecule has 0 atom stereocenters. The van der Waals surface area contributed by atoms with Gasteiger partial charge in [0.15, 0.2) is 5.11 Å². The molecule has 0 saturated carbocycles. The Morgan fingerprint density at radius 1 is 1.13 bits per heavy atom. The third kappa shape index (κ3) is 3.62. The highest BCUT2D eigenvalue weighted by Gasteiger charge is 2.35. The van der Waals surface area contributed by atoms with Crippen LogP contribution < -0.4 is 16.0 Å². The molecule has 1 fully saturated rings. The quantitative estimate of drug-likeness (QED) is 0.376. The molecule has 4 rings (SSSR count). The molecule has 1 saturated heterocycles. The number of carbonyl (C=O) groups excluding carboxylic acids is 3. The maximum Gasteiger partial charge on any atom is 0.270 e. The van der Waals surface area contributed by atoms with Crippen LogP contribution in [0.2, 0.25) is 0 Å². The van der Waals surface area contributed by atoms with Crippen molar-refractivity contribution in [2.75, 3.05) is 4.90 Å². The second-order valence-electron chi connectivity index (χ2n) is 7.37. The predicted octanol–water partition coefficient (Wildman–Crippen LogP) is 2.57. The van der Waals surface area contributed by atoms with E-state index in [1.165, 1.54) is 11.0 Å². The summed E-state index contributed by atoms with van der Waals surface area (Å²) in [6.45, 7) is 3.83. The van der Waals surface area contributed by atoms with Gasteiger partial charge in [0.1, 0.15) is 12.1 Å². The number of anilines is 1. The van der Waals surface area contributed by atoms with Gasteiger partial charge in [0, 0.05) is 22.7 Å². The Kier molecular flexibility index (Phi) is 5.16. The number of para-hydroxylation sites is 1. The van der Waals surface area contributed by atoms with Gasteiger partial charge in [0.25, 0.3) is 11.8 Å². The SMILES string of the molecule is Cc1cccc(N2C(=O)/C(=C/c3cn(CC(N)=O)c4ccccc34)C(=O)NC2=S)c1C. The molecular weight excluding hydrogens is 412 g/mol. The fraction of sp³-hybridized carbons (Fsp3) is 0.130. The molecule has 0 bridgehead atoms. The first-order valence-corrected chi connectivity index (χ1v) is 10.0. The molecule has 2 aromatic carbocycles. The summed E-state index contributed by atoms with van der Waals surface area (Å²) in [6, 6.07) is 13.0. The van der Waals surface area contributed by atoms with Crippen LogP contribution in [0.4, 0.5) is 5.69 Å². The highest BCUT2D eigenvalue weighted by Crippen LogP contribution is 2.29. The first kappa shape index (κ1) is 20.5. The number of carbonyl (C=O) groups is 3. The molecule has 0 radical (unpaired) electrons. The monoisotopic (exact) mass is 432 g/mol. The molecule has 0 spiro atoms. The van der Waals surface area contributed by atoms with E-state index in [-0.39, 0.29) is 17.2 Å². The number of thiocarbonyl (C=S) groups is 1. The number of nitrogens with two attached hydrogens (primary N) is 1. The lowest BCUT2D eigenvalue weighted by molar-refractivity contribution is -0.122. The predicted molar refractivity (Wildman–Crippen MR) is 123 cm³/mol. The Bertz CT molecular complexity index is 1310. The summed E-state index contributed by atoms with van der Waals surface area (Å²) in [5.74, 6) is -1.56. The number of benzene rings is 2. The Balaban J connectivity index is 1.83. The molecule has 31 heavy (non-hydrogen) atoms. The van der Waals surface area contributed by atoms with Crippen molar-refractivity contribution < 1.29 is 14.4 Å².